The van der Waals surface area contributed by atoms with Gasteiger partial charge in [-0.1, -0.05) is 6.07 Å². The molecule has 3 aromatic heterocycles. The van der Waals surface area contributed by atoms with Crippen LogP contribution in [-0.2, 0) is 6.54 Å². The van der Waals surface area contributed by atoms with Crippen molar-refractivity contribution in [2.45, 2.75) is 19.9 Å². The Morgan fingerprint density at radius 2 is 2.00 bits per heavy atom. The van der Waals surface area contributed by atoms with Gasteiger partial charge in [0.15, 0.2) is 0 Å². The molecule has 0 radical (unpaired) electrons. The number of H-pyrrole nitrogens is 1. The van der Waals surface area contributed by atoms with Gasteiger partial charge < -0.3 is 20.5 Å². The molecule has 7 heteroatoms. The molecule has 0 aliphatic rings. The molecule has 7 nitrogen and oxygen atoms in total. The Morgan fingerprint density at radius 1 is 1.11 bits per heavy atom. The minimum absolute atomic E-state index is 0.490. The normalized spacial score (nSPS) is 11.4. The number of hydrogen-bond acceptors (Lipinski definition) is 6. The average molecular weight is 466 g/mol. The van der Waals surface area contributed by atoms with Crippen molar-refractivity contribution in [1.29, 1.82) is 5.26 Å². The summed E-state index contributed by atoms with van der Waals surface area (Å²) in [7, 11) is 4.17. The van der Waals surface area contributed by atoms with E-state index in [0.29, 0.717) is 5.56 Å². The van der Waals surface area contributed by atoms with Gasteiger partial charge in [-0.2, -0.15) is 5.26 Å². The first kappa shape index (κ1) is 24.1. The fourth-order valence-corrected chi connectivity index (χ4v) is 3.98. The van der Waals surface area contributed by atoms with Crippen molar-refractivity contribution < 1.29 is 0 Å². The number of aromatic nitrogens is 3. The number of anilines is 2. The van der Waals surface area contributed by atoms with E-state index in [-0.39, 0.29) is 0 Å². The van der Waals surface area contributed by atoms with Gasteiger partial charge >= 0.3 is 0 Å². The number of aromatic amines is 1. The number of fused-ring (bicyclic) bond motifs is 1. The highest BCUT2D eigenvalue weighted by Crippen LogP contribution is 2.31. The predicted molar refractivity (Wildman–Crippen MR) is 143 cm³/mol. The van der Waals surface area contributed by atoms with Crippen LogP contribution in [0, 0.1) is 18.3 Å². The first-order chi connectivity index (χ1) is 17.0. The molecule has 1 aromatic carbocycles. The number of nitrogens with zero attached hydrogens (tertiary/aromatic N) is 4. The smallest absolute Gasteiger partial charge is 0.103 e. The number of aryl methyl sites for hydroxylation is 1. The van der Waals surface area contributed by atoms with Gasteiger partial charge in [0.25, 0.3) is 0 Å². The van der Waals surface area contributed by atoms with Crippen LogP contribution in [0.4, 0.5) is 11.4 Å². The van der Waals surface area contributed by atoms with Crippen molar-refractivity contribution in [3.8, 4) is 6.07 Å². The number of rotatable bonds is 10. The summed E-state index contributed by atoms with van der Waals surface area (Å²) in [6.07, 6.45) is 10.3. The molecular weight excluding hydrogens is 434 g/mol. The first-order valence-corrected chi connectivity index (χ1v) is 11.8. The Morgan fingerprint density at radius 3 is 2.83 bits per heavy atom. The summed E-state index contributed by atoms with van der Waals surface area (Å²) >= 11 is 0. The molecule has 3 N–H and O–H groups in total. The van der Waals surface area contributed by atoms with Crippen LogP contribution in [0.5, 0.6) is 0 Å². The zero-order valence-corrected chi connectivity index (χ0v) is 20.5. The zero-order chi connectivity index (χ0) is 24.6. The van der Waals surface area contributed by atoms with Gasteiger partial charge in [-0.05, 0) is 88.6 Å². The third-order valence-corrected chi connectivity index (χ3v) is 5.89. The standard InChI is InChI=1S/C28H31N7/c1-20-25-12-14-32-27(25)11-10-26(20)34-28-21(17-31-18-22(28)16-29)8-9-23-6-4-7-24(33-23)19-30-13-5-15-35(2)3/h4,6-12,14,17-18,30,32H,5,13,15,19H2,1-3H3,(H,31,34). The molecule has 0 fully saturated rings. The molecule has 0 aliphatic heterocycles. The monoisotopic (exact) mass is 465 g/mol. The number of benzene rings is 1. The molecule has 4 rings (SSSR count). The van der Waals surface area contributed by atoms with Crippen LogP contribution in [0.25, 0.3) is 23.1 Å². The highest BCUT2D eigenvalue weighted by molar-refractivity contribution is 5.90. The van der Waals surface area contributed by atoms with Gasteiger partial charge in [0, 0.05) is 47.3 Å². The van der Waals surface area contributed by atoms with Gasteiger partial charge in [-0.25, -0.2) is 0 Å². The van der Waals surface area contributed by atoms with Gasteiger partial charge in [0.2, 0.25) is 0 Å². The molecule has 0 spiro atoms. The Labute approximate surface area is 206 Å². The van der Waals surface area contributed by atoms with E-state index in [1.54, 1.807) is 12.4 Å². The summed E-state index contributed by atoms with van der Waals surface area (Å²) in [5.41, 5.74) is 7.06. The summed E-state index contributed by atoms with van der Waals surface area (Å²) in [5, 5.41) is 17.8. The van der Waals surface area contributed by atoms with Crippen molar-refractivity contribution in [3.63, 3.8) is 0 Å². The third kappa shape index (κ3) is 6.12. The molecule has 178 valence electrons. The van der Waals surface area contributed by atoms with Crippen molar-refractivity contribution >= 4 is 34.4 Å². The van der Waals surface area contributed by atoms with Crippen LogP contribution in [-0.4, -0.2) is 47.0 Å². The quantitative estimate of drug-likeness (QED) is 0.282. The SMILES string of the molecule is Cc1c(Nc2c(C#N)cncc2C=Cc2cccc(CNCCCN(C)C)n2)ccc2[nH]ccc12. The lowest BCUT2D eigenvalue weighted by molar-refractivity contribution is 0.394. The molecule has 3 heterocycles. The average Bonchev–Trinajstić information content (AvgIpc) is 3.34. The lowest BCUT2D eigenvalue weighted by Gasteiger charge is -2.14. The highest BCUT2D eigenvalue weighted by Gasteiger charge is 2.11. The number of hydrogen-bond donors (Lipinski definition) is 3. The molecule has 0 amide bonds. The minimum atomic E-state index is 0.490. The molecule has 35 heavy (non-hydrogen) atoms. The maximum absolute atomic E-state index is 9.72. The van der Waals surface area contributed by atoms with Gasteiger partial charge in [-0.3, -0.25) is 9.97 Å². The molecule has 0 unspecified atom stereocenters. The van der Waals surface area contributed by atoms with Crippen LogP contribution in [0.3, 0.4) is 0 Å². The molecular formula is C28H31N7. The van der Waals surface area contributed by atoms with E-state index in [9.17, 15) is 5.26 Å². The van der Waals surface area contributed by atoms with E-state index in [4.69, 9.17) is 4.98 Å². The summed E-state index contributed by atoms with van der Waals surface area (Å²) in [5.74, 6) is 0. The van der Waals surface area contributed by atoms with Crippen molar-refractivity contribution in [3.05, 3.63) is 83.1 Å². The second kappa shape index (κ2) is 11.4. The lowest BCUT2D eigenvalue weighted by atomic mass is 10.1. The number of pyridine rings is 2. The molecule has 0 bridgehead atoms. The number of nitriles is 1. The fraction of sp³-hybridized carbons (Fsp3) is 0.250. The third-order valence-electron chi connectivity index (χ3n) is 5.89. The lowest BCUT2D eigenvalue weighted by Crippen LogP contribution is -2.21. The zero-order valence-electron chi connectivity index (χ0n) is 20.5. The Kier molecular flexibility index (Phi) is 7.88. The van der Waals surface area contributed by atoms with Gasteiger partial charge in [0.05, 0.1) is 22.6 Å². The van der Waals surface area contributed by atoms with Crippen LogP contribution in [0.1, 0.15) is 34.5 Å². The van der Waals surface area contributed by atoms with Crippen LogP contribution in [0.2, 0.25) is 0 Å². The van der Waals surface area contributed by atoms with Crippen LogP contribution >= 0.6 is 0 Å². The fourth-order valence-electron chi connectivity index (χ4n) is 3.98. The van der Waals surface area contributed by atoms with E-state index in [2.05, 4.69) is 58.7 Å². The Hall–Kier alpha value is -3.99. The van der Waals surface area contributed by atoms with E-state index in [0.717, 1.165) is 70.8 Å². The van der Waals surface area contributed by atoms with Gasteiger partial charge in [-0.15, -0.1) is 0 Å². The number of nitrogens with one attached hydrogen (secondary N) is 3. The van der Waals surface area contributed by atoms with E-state index in [1.807, 2.05) is 48.7 Å². The highest BCUT2D eigenvalue weighted by atomic mass is 15.1. The Bertz CT molecular complexity index is 1360. The minimum Gasteiger partial charge on any atom is -0.361 e. The second-order valence-corrected chi connectivity index (χ2v) is 8.79. The molecule has 0 aliphatic carbocycles. The van der Waals surface area contributed by atoms with Gasteiger partial charge in [0.1, 0.15) is 6.07 Å². The molecule has 0 atom stereocenters. The predicted octanol–water partition coefficient (Wildman–Crippen LogP) is 5.09. The largest absolute Gasteiger partial charge is 0.361 e. The molecule has 0 saturated heterocycles. The maximum Gasteiger partial charge on any atom is 0.103 e. The van der Waals surface area contributed by atoms with Crippen molar-refractivity contribution in [2.75, 3.05) is 32.5 Å². The molecule has 4 aromatic rings. The van der Waals surface area contributed by atoms with Crippen molar-refractivity contribution in [1.82, 2.24) is 25.2 Å². The van der Waals surface area contributed by atoms with E-state index < -0.39 is 0 Å². The summed E-state index contributed by atoms with van der Waals surface area (Å²) in [6, 6.07) is 14.4. The maximum atomic E-state index is 9.72. The van der Waals surface area contributed by atoms with Crippen LogP contribution < -0.4 is 10.6 Å². The van der Waals surface area contributed by atoms with Crippen LogP contribution in [0.15, 0.2) is 55.0 Å². The second-order valence-electron chi connectivity index (χ2n) is 8.79. The summed E-state index contributed by atoms with van der Waals surface area (Å²) < 4.78 is 0. The first-order valence-electron chi connectivity index (χ1n) is 11.8. The summed E-state index contributed by atoms with van der Waals surface area (Å²) in [4.78, 5) is 14.4. The Balaban J connectivity index is 1.52. The topological polar surface area (TPSA) is 92.7 Å². The summed E-state index contributed by atoms with van der Waals surface area (Å²) in [6.45, 7) is 4.82. The van der Waals surface area contributed by atoms with E-state index >= 15 is 0 Å². The molecule has 0 saturated carbocycles. The van der Waals surface area contributed by atoms with E-state index in [1.165, 1.54) is 0 Å². The van der Waals surface area contributed by atoms with Crippen molar-refractivity contribution in [2.24, 2.45) is 0 Å².